The van der Waals surface area contributed by atoms with Gasteiger partial charge in [-0.1, -0.05) is 17.7 Å². The highest BCUT2D eigenvalue weighted by atomic mass is 35.5. The molecule has 1 N–H and O–H groups in total. The second kappa shape index (κ2) is 5.38. The molecule has 2 nitrogen and oxygen atoms in total. The number of hydrogen-bond acceptors (Lipinski definition) is 2. The van der Waals surface area contributed by atoms with Gasteiger partial charge in [0.2, 0.25) is 0 Å². The zero-order valence-corrected chi connectivity index (χ0v) is 11.6. The van der Waals surface area contributed by atoms with E-state index in [0.717, 1.165) is 24.5 Å². The monoisotopic (exact) mass is 252 g/mol. The Kier molecular flexibility index (Phi) is 4.08. The normalized spacial score (nSPS) is 26.1. The molecule has 1 aliphatic heterocycles. The Labute approximate surface area is 109 Å². The minimum atomic E-state index is 0.534. The van der Waals surface area contributed by atoms with Crippen LogP contribution in [-0.2, 0) is 6.42 Å². The summed E-state index contributed by atoms with van der Waals surface area (Å²) in [5, 5.41) is 4.38. The topological polar surface area (TPSA) is 15.3 Å². The lowest BCUT2D eigenvalue weighted by molar-refractivity contribution is 0.157. The summed E-state index contributed by atoms with van der Waals surface area (Å²) in [5.74, 6) is 0. The number of piperazine rings is 1. The second-order valence-corrected chi connectivity index (χ2v) is 5.50. The molecule has 1 aromatic carbocycles. The molecule has 0 radical (unpaired) electrons. The van der Waals surface area contributed by atoms with Crippen LogP contribution in [0.4, 0.5) is 0 Å². The highest BCUT2D eigenvalue weighted by Crippen LogP contribution is 2.20. The number of hydrogen-bond donors (Lipinski definition) is 1. The number of rotatable bonds is 2. The predicted molar refractivity (Wildman–Crippen MR) is 73.8 cm³/mol. The molecule has 94 valence electrons. The van der Waals surface area contributed by atoms with E-state index in [9.17, 15) is 0 Å². The maximum absolute atomic E-state index is 6.08. The van der Waals surface area contributed by atoms with Gasteiger partial charge < -0.3 is 10.2 Å². The zero-order valence-electron chi connectivity index (χ0n) is 10.8. The van der Waals surface area contributed by atoms with E-state index in [0.29, 0.717) is 12.1 Å². The van der Waals surface area contributed by atoms with Crippen LogP contribution in [-0.4, -0.2) is 37.1 Å². The van der Waals surface area contributed by atoms with Gasteiger partial charge in [-0.05, 0) is 50.6 Å². The zero-order chi connectivity index (χ0) is 12.4. The van der Waals surface area contributed by atoms with Crippen molar-refractivity contribution in [1.82, 2.24) is 10.2 Å². The van der Waals surface area contributed by atoms with E-state index in [1.165, 1.54) is 11.1 Å². The van der Waals surface area contributed by atoms with Crippen molar-refractivity contribution in [2.24, 2.45) is 0 Å². The fourth-order valence-electron chi connectivity index (χ4n) is 2.57. The summed E-state index contributed by atoms with van der Waals surface area (Å²) < 4.78 is 0. The minimum Gasteiger partial charge on any atom is -0.311 e. The van der Waals surface area contributed by atoms with Crippen molar-refractivity contribution in [3.8, 4) is 0 Å². The molecule has 3 heteroatoms. The van der Waals surface area contributed by atoms with Gasteiger partial charge in [0, 0.05) is 30.2 Å². The van der Waals surface area contributed by atoms with Crippen molar-refractivity contribution < 1.29 is 0 Å². The van der Waals surface area contributed by atoms with Gasteiger partial charge in [-0.15, -0.1) is 0 Å². The highest BCUT2D eigenvalue weighted by molar-refractivity contribution is 6.30. The van der Waals surface area contributed by atoms with Crippen LogP contribution in [0, 0.1) is 6.92 Å². The molecule has 0 bridgehead atoms. The lowest BCUT2D eigenvalue weighted by atomic mass is 9.95. The van der Waals surface area contributed by atoms with E-state index in [-0.39, 0.29) is 0 Å². The number of aryl methyl sites for hydroxylation is 1. The number of nitrogens with zero attached hydrogens (tertiary/aromatic N) is 1. The molecular weight excluding hydrogens is 232 g/mol. The molecule has 0 aliphatic carbocycles. The lowest BCUT2D eigenvalue weighted by Gasteiger charge is -2.38. The van der Waals surface area contributed by atoms with Gasteiger partial charge in [0.25, 0.3) is 0 Å². The van der Waals surface area contributed by atoms with Crippen LogP contribution in [0.15, 0.2) is 18.2 Å². The smallest absolute Gasteiger partial charge is 0.0408 e. The SMILES string of the molecule is Cc1ccc(Cl)cc1CC1C(C)NCCN1C. The Bertz CT molecular complexity index is 382. The molecule has 0 spiro atoms. The Morgan fingerprint density at radius 2 is 2.24 bits per heavy atom. The lowest BCUT2D eigenvalue weighted by Crippen LogP contribution is -2.56. The van der Waals surface area contributed by atoms with Gasteiger partial charge in [-0.25, -0.2) is 0 Å². The summed E-state index contributed by atoms with van der Waals surface area (Å²) in [6, 6.07) is 7.27. The molecule has 1 aromatic rings. The van der Waals surface area contributed by atoms with E-state index < -0.39 is 0 Å². The van der Waals surface area contributed by atoms with Gasteiger partial charge in [0.15, 0.2) is 0 Å². The number of halogens is 1. The van der Waals surface area contributed by atoms with Crippen molar-refractivity contribution in [3.05, 3.63) is 34.3 Å². The first kappa shape index (κ1) is 12.9. The molecule has 0 saturated carbocycles. The first-order valence-corrected chi connectivity index (χ1v) is 6.64. The predicted octanol–water partition coefficient (Wildman–Crippen LogP) is 2.48. The van der Waals surface area contributed by atoms with Crippen molar-refractivity contribution >= 4 is 11.6 Å². The largest absolute Gasteiger partial charge is 0.311 e. The third kappa shape index (κ3) is 3.01. The van der Waals surface area contributed by atoms with Crippen LogP contribution in [0.1, 0.15) is 18.1 Å². The van der Waals surface area contributed by atoms with Gasteiger partial charge in [-0.2, -0.15) is 0 Å². The van der Waals surface area contributed by atoms with E-state index in [1.807, 2.05) is 6.07 Å². The molecule has 17 heavy (non-hydrogen) atoms. The number of benzene rings is 1. The summed E-state index contributed by atoms with van der Waals surface area (Å²) in [5.41, 5.74) is 2.70. The fourth-order valence-corrected chi connectivity index (χ4v) is 2.76. The molecule has 1 heterocycles. The Morgan fingerprint density at radius 1 is 1.47 bits per heavy atom. The van der Waals surface area contributed by atoms with Crippen LogP contribution >= 0.6 is 11.6 Å². The molecule has 2 rings (SSSR count). The standard InChI is InChI=1S/C14H21ClN2/c1-10-4-5-13(15)8-12(10)9-14-11(2)16-6-7-17(14)3/h4-5,8,11,14,16H,6-7,9H2,1-3H3. The van der Waals surface area contributed by atoms with Crippen molar-refractivity contribution in [3.63, 3.8) is 0 Å². The molecular formula is C14H21ClN2. The summed E-state index contributed by atoms with van der Waals surface area (Å²) in [4.78, 5) is 2.45. The Hall–Kier alpha value is -0.570. The third-order valence-electron chi connectivity index (χ3n) is 3.81. The molecule has 1 saturated heterocycles. The van der Waals surface area contributed by atoms with Crippen molar-refractivity contribution in [2.45, 2.75) is 32.4 Å². The number of likely N-dealkylation sites (N-methyl/N-ethyl adjacent to an activating group) is 1. The maximum atomic E-state index is 6.08. The van der Waals surface area contributed by atoms with Crippen LogP contribution in [0.3, 0.4) is 0 Å². The van der Waals surface area contributed by atoms with Crippen LogP contribution in [0.5, 0.6) is 0 Å². The maximum Gasteiger partial charge on any atom is 0.0408 e. The van der Waals surface area contributed by atoms with Crippen LogP contribution in [0.2, 0.25) is 5.02 Å². The Balaban J connectivity index is 2.16. The van der Waals surface area contributed by atoms with Gasteiger partial charge in [0.1, 0.15) is 0 Å². The van der Waals surface area contributed by atoms with E-state index in [4.69, 9.17) is 11.6 Å². The van der Waals surface area contributed by atoms with E-state index >= 15 is 0 Å². The minimum absolute atomic E-state index is 0.534. The number of nitrogens with one attached hydrogen (secondary N) is 1. The quantitative estimate of drug-likeness (QED) is 0.870. The summed E-state index contributed by atoms with van der Waals surface area (Å²) in [6.45, 7) is 6.63. The van der Waals surface area contributed by atoms with Crippen molar-refractivity contribution in [1.29, 1.82) is 0 Å². The first-order chi connectivity index (χ1) is 8.08. The van der Waals surface area contributed by atoms with Gasteiger partial charge in [0.05, 0.1) is 0 Å². The van der Waals surface area contributed by atoms with Crippen LogP contribution < -0.4 is 5.32 Å². The second-order valence-electron chi connectivity index (χ2n) is 5.07. The van der Waals surface area contributed by atoms with Crippen molar-refractivity contribution in [2.75, 3.05) is 20.1 Å². The molecule has 2 atom stereocenters. The van der Waals surface area contributed by atoms with Gasteiger partial charge in [-0.3, -0.25) is 0 Å². The third-order valence-corrected chi connectivity index (χ3v) is 4.05. The Morgan fingerprint density at radius 3 is 2.94 bits per heavy atom. The molecule has 1 aliphatic rings. The first-order valence-electron chi connectivity index (χ1n) is 6.26. The highest BCUT2D eigenvalue weighted by Gasteiger charge is 2.25. The summed E-state index contributed by atoms with van der Waals surface area (Å²) >= 11 is 6.08. The van der Waals surface area contributed by atoms with Gasteiger partial charge >= 0.3 is 0 Å². The molecule has 0 aromatic heterocycles. The molecule has 0 amide bonds. The average Bonchev–Trinajstić information content (AvgIpc) is 2.28. The van der Waals surface area contributed by atoms with Crippen LogP contribution in [0.25, 0.3) is 0 Å². The summed E-state index contributed by atoms with van der Waals surface area (Å²) in [6.07, 6.45) is 1.07. The van der Waals surface area contributed by atoms with E-state index in [2.05, 4.69) is 43.2 Å². The fraction of sp³-hybridized carbons (Fsp3) is 0.571. The molecule has 2 unspecified atom stereocenters. The average molecular weight is 253 g/mol. The van der Waals surface area contributed by atoms with E-state index in [1.54, 1.807) is 0 Å². The summed E-state index contributed by atoms with van der Waals surface area (Å²) in [7, 11) is 2.21. The molecule has 1 fully saturated rings.